The molecule has 3 heteroatoms. The number of carbonyl (C=O) groups excluding carboxylic acids is 1. The minimum Gasteiger partial charge on any atom is -0.375 e. The van der Waals surface area contributed by atoms with Crippen LogP contribution in [-0.2, 0) is 4.79 Å². The lowest BCUT2D eigenvalue weighted by atomic mass is 10.2. The van der Waals surface area contributed by atoms with Gasteiger partial charge in [-0.15, -0.1) is 0 Å². The lowest BCUT2D eigenvalue weighted by molar-refractivity contribution is -0.112. The molecule has 2 rings (SSSR count). The molecule has 1 heterocycles. The molecule has 0 atom stereocenters. The van der Waals surface area contributed by atoms with Gasteiger partial charge in [-0.05, 0) is 38.3 Å². The van der Waals surface area contributed by atoms with Crippen LogP contribution in [0.25, 0.3) is 0 Å². The van der Waals surface area contributed by atoms with Gasteiger partial charge in [0.05, 0.1) is 0 Å². The first-order valence-electron chi connectivity index (χ1n) is 6.46. The fraction of sp³-hybridized carbons (Fsp3) is 0.400. The molecule has 0 saturated carbocycles. The van der Waals surface area contributed by atoms with Crippen molar-refractivity contribution < 1.29 is 4.79 Å². The van der Waals surface area contributed by atoms with Crippen molar-refractivity contribution in [3.8, 4) is 0 Å². The minimum absolute atomic E-state index is 0.0475. The minimum atomic E-state index is -0.0475. The fourth-order valence-electron chi connectivity index (χ4n) is 2.23. The van der Waals surface area contributed by atoms with Crippen molar-refractivity contribution in [1.29, 1.82) is 0 Å². The van der Waals surface area contributed by atoms with E-state index in [1.165, 1.54) is 12.8 Å². The highest BCUT2D eigenvalue weighted by atomic mass is 16.1. The molecule has 1 fully saturated rings. The number of rotatable bonds is 3. The highest BCUT2D eigenvalue weighted by Gasteiger charge is 2.12. The summed E-state index contributed by atoms with van der Waals surface area (Å²) in [7, 11) is 0. The normalized spacial score (nSPS) is 15.9. The van der Waals surface area contributed by atoms with Crippen LogP contribution in [-0.4, -0.2) is 23.9 Å². The lowest BCUT2D eigenvalue weighted by Crippen LogP contribution is -2.19. The summed E-state index contributed by atoms with van der Waals surface area (Å²) in [5.74, 6) is -0.0475. The number of para-hydroxylation sites is 1. The fourth-order valence-corrected chi connectivity index (χ4v) is 2.23. The molecule has 0 aromatic heterocycles. The second-order valence-electron chi connectivity index (χ2n) is 4.78. The van der Waals surface area contributed by atoms with Gasteiger partial charge in [0.25, 0.3) is 0 Å². The summed E-state index contributed by atoms with van der Waals surface area (Å²) in [4.78, 5) is 14.2. The molecule has 1 aromatic carbocycles. The average molecular weight is 244 g/mol. The van der Waals surface area contributed by atoms with Crippen molar-refractivity contribution in [3.05, 3.63) is 41.6 Å². The van der Waals surface area contributed by atoms with Crippen molar-refractivity contribution >= 4 is 11.6 Å². The number of nitrogens with one attached hydrogen (secondary N) is 1. The van der Waals surface area contributed by atoms with Crippen LogP contribution < -0.4 is 5.32 Å². The van der Waals surface area contributed by atoms with Crippen molar-refractivity contribution in [1.82, 2.24) is 4.90 Å². The summed E-state index contributed by atoms with van der Waals surface area (Å²) >= 11 is 0. The third kappa shape index (κ3) is 3.13. The summed E-state index contributed by atoms with van der Waals surface area (Å²) in [6.45, 7) is 6.13. The molecule has 1 aliphatic rings. The second kappa shape index (κ2) is 5.71. The predicted molar refractivity (Wildman–Crippen MR) is 74.4 cm³/mol. The number of aryl methyl sites for hydroxylation is 1. The van der Waals surface area contributed by atoms with Gasteiger partial charge in [0.1, 0.15) is 0 Å². The van der Waals surface area contributed by atoms with E-state index in [9.17, 15) is 4.79 Å². The Morgan fingerprint density at radius 3 is 2.61 bits per heavy atom. The molecular formula is C15H20N2O. The van der Waals surface area contributed by atoms with E-state index in [4.69, 9.17) is 0 Å². The Morgan fingerprint density at radius 1 is 1.28 bits per heavy atom. The third-order valence-corrected chi connectivity index (χ3v) is 3.35. The molecular weight excluding hydrogens is 224 g/mol. The van der Waals surface area contributed by atoms with Gasteiger partial charge in [-0.2, -0.15) is 0 Å². The van der Waals surface area contributed by atoms with E-state index in [0.717, 1.165) is 30.0 Å². The maximum absolute atomic E-state index is 11.9. The van der Waals surface area contributed by atoms with E-state index in [0.29, 0.717) is 0 Å². The number of nitrogens with zero attached hydrogens (tertiary/aromatic N) is 1. The Bertz CT molecular complexity index is 459. The first-order valence-corrected chi connectivity index (χ1v) is 6.46. The van der Waals surface area contributed by atoms with E-state index in [-0.39, 0.29) is 5.91 Å². The molecule has 1 amide bonds. The smallest absolute Gasteiger partial charge is 0.250 e. The van der Waals surface area contributed by atoms with E-state index in [2.05, 4.69) is 10.2 Å². The van der Waals surface area contributed by atoms with Crippen molar-refractivity contribution in [3.63, 3.8) is 0 Å². The van der Waals surface area contributed by atoms with Gasteiger partial charge in [-0.25, -0.2) is 0 Å². The Balaban J connectivity index is 2.00. The number of anilines is 1. The van der Waals surface area contributed by atoms with Crippen molar-refractivity contribution in [2.75, 3.05) is 18.4 Å². The van der Waals surface area contributed by atoms with Crippen LogP contribution in [0.15, 0.2) is 36.0 Å². The van der Waals surface area contributed by atoms with Gasteiger partial charge >= 0.3 is 0 Å². The second-order valence-corrected chi connectivity index (χ2v) is 4.78. The van der Waals surface area contributed by atoms with Gasteiger partial charge in [0, 0.05) is 30.5 Å². The standard InChI is InChI=1S/C15H20N2O/c1-12-7-3-4-8-14(12)16-15(18)11-13(2)17-9-5-6-10-17/h3-4,7-8,11H,5-6,9-10H2,1-2H3,(H,16,18). The monoisotopic (exact) mass is 244 g/mol. The number of allylic oxidation sites excluding steroid dienone is 1. The largest absolute Gasteiger partial charge is 0.375 e. The van der Waals surface area contributed by atoms with Gasteiger partial charge in [-0.3, -0.25) is 4.79 Å². The molecule has 18 heavy (non-hydrogen) atoms. The Hall–Kier alpha value is -1.77. The summed E-state index contributed by atoms with van der Waals surface area (Å²) in [5, 5.41) is 2.92. The molecule has 1 aliphatic heterocycles. The number of carbonyl (C=O) groups is 1. The summed E-state index contributed by atoms with van der Waals surface area (Å²) in [5.41, 5.74) is 3.02. The van der Waals surface area contributed by atoms with E-state index in [1.54, 1.807) is 6.08 Å². The maximum atomic E-state index is 11.9. The van der Waals surface area contributed by atoms with Crippen molar-refractivity contribution in [2.24, 2.45) is 0 Å². The SMILES string of the molecule is CC(=CC(=O)Nc1ccccc1C)N1CCCC1. The Kier molecular flexibility index (Phi) is 4.03. The van der Waals surface area contributed by atoms with Crippen LogP contribution in [0.5, 0.6) is 0 Å². The molecule has 0 aliphatic carbocycles. The number of likely N-dealkylation sites (tertiary alicyclic amines) is 1. The Morgan fingerprint density at radius 2 is 1.94 bits per heavy atom. The van der Waals surface area contributed by atoms with E-state index in [1.807, 2.05) is 38.1 Å². The zero-order chi connectivity index (χ0) is 13.0. The first-order chi connectivity index (χ1) is 8.66. The topological polar surface area (TPSA) is 32.3 Å². The first kappa shape index (κ1) is 12.7. The van der Waals surface area contributed by atoms with E-state index < -0.39 is 0 Å². The molecule has 1 saturated heterocycles. The van der Waals surface area contributed by atoms with Gasteiger partial charge in [0.15, 0.2) is 0 Å². The molecule has 0 unspecified atom stereocenters. The molecule has 1 aromatic rings. The lowest BCUT2D eigenvalue weighted by Gasteiger charge is -2.17. The van der Waals surface area contributed by atoms with Crippen LogP contribution in [0.3, 0.4) is 0 Å². The number of hydrogen-bond acceptors (Lipinski definition) is 2. The Labute approximate surface area is 108 Å². The van der Waals surface area contributed by atoms with Crippen LogP contribution >= 0.6 is 0 Å². The zero-order valence-corrected chi connectivity index (χ0v) is 11.1. The van der Waals surface area contributed by atoms with Gasteiger partial charge in [-0.1, -0.05) is 18.2 Å². The third-order valence-electron chi connectivity index (χ3n) is 3.35. The van der Waals surface area contributed by atoms with Gasteiger partial charge in [0.2, 0.25) is 5.91 Å². The molecule has 0 spiro atoms. The van der Waals surface area contributed by atoms with Crippen molar-refractivity contribution in [2.45, 2.75) is 26.7 Å². The summed E-state index contributed by atoms with van der Waals surface area (Å²) in [6, 6.07) is 7.81. The van der Waals surface area contributed by atoms with Crippen LogP contribution in [0.1, 0.15) is 25.3 Å². The molecule has 3 nitrogen and oxygen atoms in total. The van der Waals surface area contributed by atoms with Crippen LogP contribution in [0.2, 0.25) is 0 Å². The van der Waals surface area contributed by atoms with E-state index >= 15 is 0 Å². The molecule has 1 N–H and O–H groups in total. The predicted octanol–water partition coefficient (Wildman–Crippen LogP) is 2.93. The quantitative estimate of drug-likeness (QED) is 0.829. The van der Waals surface area contributed by atoms with Gasteiger partial charge < -0.3 is 10.2 Å². The molecule has 0 bridgehead atoms. The highest BCUT2D eigenvalue weighted by Crippen LogP contribution is 2.15. The number of hydrogen-bond donors (Lipinski definition) is 1. The molecule has 0 radical (unpaired) electrons. The van der Waals surface area contributed by atoms with Crippen LogP contribution in [0, 0.1) is 6.92 Å². The average Bonchev–Trinajstić information content (AvgIpc) is 2.85. The number of benzene rings is 1. The maximum Gasteiger partial charge on any atom is 0.250 e. The number of amides is 1. The summed E-state index contributed by atoms with van der Waals surface area (Å²) in [6.07, 6.45) is 4.15. The van der Waals surface area contributed by atoms with Crippen LogP contribution in [0.4, 0.5) is 5.69 Å². The molecule has 96 valence electrons. The highest BCUT2D eigenvalue weighted by molar-refractivity contribution is 6.00. The summed E-state index contributed by atoms with van der Waals surface area (Å²) < 4.78 is 0. The zero-order valence-electron chi connectivity index (χ0n) is 11.1.